The third-order valence-electron chi connectivity index (χ3n) is 6.38. The van der Waals surface area contributed by atoms with Crippen LogP contribution in [0.25, 0.3) is 0 Å². The molecule has 0 bridgehead atoms. The summed E-state index contributed by atoms with van der Waals surface area (Å²) in [5.74, 6) is 0.990. The normalized spacial score (nSPS) is 27.3. The van der Waals surface area contributed by atoms with E-state index < -0.39 is 12.2 Å². The third-order valence-corrected chi connectivity index (χ3v) is 6.38. The summed E-state index contributed by atoms with van der Waals surface area (Å²) in [6.07, 6.45) is 6.21. The van der Waals surface area contributed by atoms with Gasteiger partial charge in [-0.05, 0) is 31.2 Å². The Morgan fingerprint density at radius 2 is 2.17 bits per heavy atom. The number of carbonyl (C=O) groups is 1. The van der Waals surface area contributed by atoms with Crippen LogP contribution in [0.5, 0.6) is 5.75 Å². The number of hydrogen-bond acceptors (Lipinski definition) is 5. The van der Waals surface area contributed by atoms with Crippen LogP contribution in [-0.2, 0) is 16.0 Å². The third kappa shape index (κ3) is 4.84. The van der Waals surface area contributed by atoms with Gasteiger partial charge in [0.15, 0.2) is 0 Å². The minimum atomic E-state index is -0.498. The lowest BCUT2D eigenvalue weighted by Gasteiger charge is -2.19. The molecular formula is C24H34O5. The predicted molar refractivity (Wildman–Crippen MR) is 112 cm³/mol. The topological polar surface area (TPSA) is 76.0 Å². The summed E-state index contributed by atoms with van der Waals surface area (Å²) in [6.45, 7) is 6.32. The van der Waals surface area contributed by atoms with E-state index in [9.17, 15) is 15.0 Å². The fraction of sp³-hybridized carbons (Fsp3) is 0.625. The molecule has 5 nitrogen and oxygen atoms in total. The average Bonchev–Trinajstić information content (AvgIpc) is 3.21. The van der Waals surface area contributed by atoms with E-state index >= 15 is 0 Å². The Morgan fingerprint density at radius 1 is 1.38 bits per heavy atom. The summed E-state index contributed by atoms with van der Waals surface area (Å²) in [5.41, 5.74) is 2.24. The van der Waals surface area contributed by atoms with E-state index in [0.29, 0.717) is 19.4 Å². The van der Waals surface area contributed by atoms with Gasteiger partial charge in [-0.25, -0.2) is 0 Å². The molecule has 0 spiro atoms. The van der Waals surface area contributed by atoms with Crippen LogP contribution in [0.1, 0.15) is 63.5 Å². The Bertz CT molecular complexity index is 728. The minimum Gasteiger partial charge on any atom is -0.489 e. The quantitative estimate of drug-likeness (QED) is 0.486. The summed E-state index contributed by atoms with van der Waals surface area (Å²) in [7, 11) is 0. The first kappa shape index (κ1) is 21.8. The molecule has 1 aromatic rings. The molecule has 5 heteroatoms. The van der Waals surface area contributed by atoms with Gasteiger partial charge < -0.3 is 19.7 Å². The number of aliphatic hydroxyl groups is 2. The molecule has 3 rings (SSSR count). The van der Waals surface area contributed by atoms with Crippen molar-refractivity contribution >= 4 is 5.97 Å². The lowest BCUT2D eigenvalue weighted by Crippen LogP contribution is -2.19. The molecule has 0 radical (unpaired) electrons. The van der Waals surface area contributed by atoms with Gasteiger partial charge in [0.1, 0.15) is 11.9 Å². The van der Waals surface area contributed by atoms with Crippen molar-refractivity contribution in [1.29, 1.82) is 0 Å². The summed E-state index contributed by atoms with van der Waals surface area (Å²) in [4.78, 5) is 11.6. The molecule has 29 heavy (non-hydrogen) atoms. The van der Waals surface area contributed by atoms with E-state index in [1.807, 2.05) is 32.1 Å². The number of hydrogen-bond donors (Lipinski definition) is 2. The first-order chi connectivity index (χ1) is 14.0. The number of para-hydroxylation sites is 1. The molecule has 0 saturated heterocycles. The van der Waals surface area contributed by atoms with Crippen LogP contribution in [-0.4, -0.2) is 41.1 Å². The van der Waals surface area contributed by atoms with E-state index in [1.54, 1.807) is 0 Å². The molecule has 0 aromatic heterocycles. The van der Waals surface area contributed by atoms with Gasteiger partial charge in [-0.2, -0.15) is 0 Å². The number of ether oxygens (including phenoxy) is 2. The minimum absolute atomic E-state index is 0.0402. The van der Waals surface area contributed by atoms with Crippen LogP contribution in [0.4, 0.5) is 0 Å². The standard InChI is InChI=1S/C24H34O5/c1-4-15(3)19(25)13-12-17-20(26)14-21-23(17)18-10-6-8-16(24(18)29-21)9-7-11-22(27)28-5-2/h6,8,10,12-13,15,17,19-21,23,25-26H,4-5,7,9,11,14H2,1-3H3/b13-12+/t15-,17-,19+,20+,21-,23-/m0/s1. The van der Waals surface area contributed by atoms with Gasteiger partial charge in [-0.3, -0.25) is 4.79 Å². The van der Waals surface area contributed by atoms with Crippen LogP contribution in [0.2, 0.25) is 0 Å². The van der Waals surface area contributed by atoms with Gasteiger partial charge in [0.2, 0.25) is 0 Å². The average molecular weight is 403 g/mol. The number of benzene rings is 1. The maximum absolute atomic E-state index is 11.6. The SMILES string of the molecule is CCOC(=O)CCCc1cccc2c1O[C@H]1C[C@@H](O)[C@H](/C=C/[C@@H](O)[C@@H](C)CC)[C@@H]21. The highest BCUT2D eigenvalue weighted by molar-refractivity contribution is 5.69. The van der Waals surface area contributed by atoms with Crippen LogP contribution < -0.4 is 4.74 Å². The largest absolute Gasteiger partial charge is 0.489 e. The van der Waals surface area contributed by atoms with Crippen molar-refractivity contribution in [3.05, 3.63) is 41.5 Å². The summed E-state index contributed by atoms with van der Waals surface area (Å²) in [5, 5.41) is 20.9. The molecule has 1 aliphatic carbocycles. The fourth-order valence-electron chi connectivity index (χ4n) is 4.49. The predicted octanol–water partition coefficient (Wildman–Crippen LogP) is 3.76. The molecule has 0 amide bonds. The van der Waals surface area contributed by atoms with Gasteiger partial charge in [-0.15, -0.1) is 0 Å². The fourth-order valence-corrected chi connectivity index (χ4v) is 4.49. The number of fused-ring (bicyclic) bond motifs is 3. The Balaban J connectivity index is 1.72. The smallest absolute Gasteiger partial charge is 0.305 e. The second-order valence-electron chi connectivity index (χ2n) is 8.32. The first-order valence-corrected chi connectivity index (χ1v) is 10.9. The van der Waals surface area contributed by atoms with E-state index in [1.165, 1.54) is 0 Å². The molecule has 1 aliphatic heterocycles. The van der Waals surface area contributed by atoms with Gasteiger partial charge in [-0.1, -0.05) is 50.6 Å². The molecule has 1 saturated carbocycles. The Morgan fingerprint density at radius 3 is 2.90 bits per heavy atom. The zero-order valence-corrected chi connectivity index (χ0v) is 17.7. The molecule has 0 unspecified atom stereocenters. The number of carbonyl (C=O) groups excluding carboxylic acids is 1. The molecule has 6 atom stereocenters. The Labute approximate surface area is 173 Å². The Hall–Kier alpha value is -1.85. The highest BCUT2D eigenvalue weighted by Crippen LogP contribution is 2.52. The van der Waals surface area contributed by atoms with Crippen LogP contribution >= 0.6 is 0 Å². The lowest BCUT2D eigenvalue weighted by molar-refractivity contribution is -0.143. The van der Waals surface area contributed by atoms with Crippen LogP contribution in [0, 0.1) is 11.8 Å². The second-order valence-corrected chi connectivity index (χ2v) is 8.32. The van der Waals surface area contributed by atoms with Crippen molar-refractivity contribution in [3.63, 3.8) is 0 Å². The zero-order chi connectivity index (χ0) is 21.0. The van der Waals surface area contributed by atoms with Crippen molar-refractivity contribution in [3.8, 4) is 5.75 Å². The maximum Gasteiger partial charge on any atom is 0.305 e. The van der Waals surface area contributed by atoms with Gasteiger partial charge in [0.25, 0.3) is 0 Å². The van der Waals surface area contributed by atoms with E-state index in [-0.39, 0.29) is 29.8 Å². The van der Waals surface area contributed by atoms with E-state index in [0.717, 1.165) is 36.1 Å². The summed E-state index contributed by atoms with van der Waals surface area (Å²) >= 11 is 0. The van der Waals surface area contributed by atoms with Crippen molar-refractivity contribution in [2.24, 2.45) is 11.8 Å². The number of rotatable bonds is 9. The molecule has 1 heterocycles. The lowest BCUT2D eigenvalue weighted by atomic mass is 9.86. The molecule has 160 valence electrons. The second kappa shape index (κ2) is 9.77. The summed E-state index contributed by atoms with van der Waals surface area (Å²) < 4.78 is 11.3. The monoisotopic (exact) mass is 402 g/mol. The Kier molecular flexibility index (Phi) is 7.36. The van der Waals surface area contributed by atoms with E-state index in [2.05, 4.69) is 19.1 Å². The number of aliphatic hydroxyl groups excluding tert-OH is 2. The molecule has 2 aliphatic rings. The number of esters is 1. The van der Waals surface area contributed by atoms with Crippen molar-refractivity contribution in [2.45, 2.75) is 77.1 Å². The van der Waals surface area contributed by atoms with E-state index in [4.69, 9.17) is 9.47 Å². The first-order valence-electron chi connectivity index (χ1n) is 10.9. The molecule has 1 aromatic carbocycles. The molecule has 2 N–H and O–H groups in total. The van der Waals surface area contributed by atoms with Gasteiger partial charge in [0, 0.05) is 30.2 Å². The van der Waals surface area contributed by atoms with Crippen LogP contribution in [0.3, 0.4) is 0 Å². The molecular weight excluding hydrogens is 368 g/mol. The zero-order valence-electron chi connectivity index (χ0n) is 17.7. The molecule has 1 fully saturated rings. The van der Waals surface area contributed by atoms with Gasteiger partial charge >= 0.3 is 5.97 Å². The summed E-state index contributed by atoms with van der Waals surface area (Å²) in [6, 6.07) is 6.17. The number of aryl methyl sites for hydroxylation is 1. The van der Waals surface area contributed by atoms with Crippen molar-refractivity contribution < 1.29 is 24.5 Å². The highest BCUT2D eigenvalue weighted by atomic mass is 16.5. The van der Waals surface area contributed by atoms with Crippen molar-refractivity contribution in [2.75, 3.05) is 6.61 Å². The van der Waals surface area contributed by atoms with Crippen LogP contribution in [0.15, 0.2) is 30.4 Å². The van der Waals surface area contributed by atoms with Gasteiger partial charge in [0.05, 0.1) is 18.8 Å². The maximum atomic E-state index is 11.6. The highest BCUT2D eigenvalue weighted by Gasteiger charge is 2.48. The van der Waals surface area contributed by atoms with Crippen molar-refractivity contribution in [1.82, 2.24) is 0 Å².